The van der Waals surface area contributed by atoms with Crippen molar-refractivity contribution in [3.05, 3.63) is 57.2 Å². The van der Waals surface area contributed by atoms with Crippen LogP contribution in [-0.4, -0.2) is 108 Å². The van der Waals surface area contributed by atoms with Crippen LogP contribution in [0.3, 0.4) is 0 Å². The molecule has 3 atom stereocenters. The largest absolute Gasteiger partial charge is 0.514 e. The van der Waals surface area contributed by atoms with E-state index in [1.807, 2.05) is 11.9 Å². The molecule has 2 aliphatic heterocycles. The summed E-state index contributed by atoms with van der Waals surface area (Å²) >= 11 is 6.62. The molecule has 2 aliphatic rings. The molecule has 1 unspecified atom stereocenters. The molecule has 0 radical (unpaired) electrons. The van der Waals surface area contributed by atoms with Crippen molar-refractivity contribution in [2.24, 2.45) is 0 Å². The SMILES string of the molecule is CCN(CC1CCCCN1C(=O)OC(C)(C)C)C(=O)Oc1cc(OC(=O)OC(C)(C)C)c2c(=O)cc(-c3ccccc3Cl)oc2c1[C@H]1CCN(C)C[C@H]1OC(=O)OC(C)(C)C. The van der Waals surface area contributed by atoms with Crippen LogP contribution in [0.2, 0.25) is 5.02 Å². The number of amides is 2. The van der Waals surface area contributed by atoms with Gasteiger partial charge in [-0.25, -0.2) is 19.2 Å². The van der Waals surface area contributed by atoms with Gasteiger partial charge in [-0.1, -0.05) is 23.7 Å². The number of carbonyl (C=O) groups is 4. The second kappa shape index (κ2) is 18.9. The molecule has 3 aromatic rings. The van der Waals surface area contributed by atoms with E-state index in [1.165, 1.54) is 17.0 Å². The molecular formula is C45H60ClN3O12. The van der Waals surface area contributed by atoms with Crippen molar-refractivity contribution in [1.29, 1.82) is 0 Å². The Balaban J connectivity index is 1.70. The smallest absolute Gasteiger partial charge is 0.455 e. The first-order valence-electron chi connectivity index (χ1n) is 20.8. The van der Waals surface area contributed by atoms with E-state index >= 15 is 0 Å². The van der Waals surface area contributed by atoms with E-state index in [9.17, 15) is 24.0 Å². The van der Waals surface area contributed by atoms with Gasteiger partial charge in [0.2, 0.25) is 0 Å². The standard InChI is InChI=1S/C45H60ClN3O12/c1-12-48(25-27-17-15-16-21-49(27)40(52)59-43(2,3)4)39(51)56-33-24-34(57-41(53)60-44(5,6)7)37-31(50)23-32(28-18-13-14-19-30(28)46)55-38(37)36(33)29-20-22-47(11)26-35(29)58-42(54)61-45(8,9)10/h13-14,18-19,23-24,27,29,35H,12,15-17,20-22,25-26H2,1-11H3/t27?,29-,35+/m0/s1. The number of nitrogens with zero attached hydrogens (tertiary/aromatic N) is 3. The van der Waals surface area contributed by atoms with Gasteiger partial charge in [-0.15, -0.1) is 0 Å². The Kier molecular flexibility index (Phi) is 14.6. The molecule has 2 saturated heterocycles. The normalized spacial score (nSPS) is 18.9. The van der Waals surface area contributed by atoms with Gasteiger partial charge in [-0.3, -0.25) is 4.79 Å². The zero-order valence-corrected chi connectivity index (χ0v) is 37.9. The quantitative estimate of drug-likeness (QED) is 0.120. The molecule has 334 valence electrons. The van der Waals surface area contributed by atoms with Crippen molar-refractivity contribution in [3.8, 4) is 22.8 Å². The number of ether oxygens (including phenoxy) is 6. The summed E-state index contributed by atoms with van der Waals surface area (Å²) < 4.78 is 41.4. The van der Waals surface area contributed by atoms with Gasteiger partial charge >= 0.3 is 24.5 Å². The lowest BCUT2D eigenvalue weighted by Gasteiger charge is -2.39. The number of likely N-dealkylation sites (N-methyl/N-ethyl adjacent to an activating group) is 2. The van der Waals surface area contributed by atoms with Crippen LogP contribution in [0.25, 0.3) is 22.3 Å². The number of rotatable bonds is 8. The van der Waals surface area contributed by atoms with Crippen LogP contribution in [0, 0.1) is 0 Å². The minimum Gasteiger partial charge on any atom is -0.455 e. The van der Waals surface area contributed by atoms with Crippen LogP contribution in [0.15, 0.2) is 45.6 Å². The third-order valence-corrected chi connectivity index (χ3v) is 10.3. The van der Waals surface area contributed by atoms with E-state index in [0.29, 0.717) is 36.5 Å². The molecule has 2 fully saturated rings. The van der Waals surface area contributed by atoms with Crippen LogP contribution in [-0.2, 0) is 18.9 Å². The van der Waals surface area contributed by atoms with Crippen molar-refractivity contribution >= 4 is 47.1 Å². The van der Waals surface area contributed by atoms with Gasteiger partial charge in [0.05, 0.1) is 11.1 Å². The second-order valence-corrected chi connectivity index (χ2v) is 18.9. The summed E-state index contributed by atoms with van der Waals surface area (Å²) in [6, 6.07) is 8.96. The predicted molar refractivity (Wildman–Crippen MR) is 230 cm³/mol. The van der Waals surface area contributed by atoms with Gasteiger partial charge < -0.3 is 47.5 Å². The molecule has 0 saturated carbocycles. The maximum Gasteiger partial charge on any atom is 0.514 e. The lowest BCUT2D eigenvalue weighted by molar-refractivity contribution is -0.0461. The molecule has 61 heavy (non-hydrogen) atoms. The fourth-order valence-corrected chi connectivity index (χ4v) is 7.61. The lowest BCUT2D eigenvalue weighted by Crippen LogP contribution is -2.52. The van der Waals surface area contributed by atoms with E-state index in [2.05, 4.69) is 0 Å². The molecule has 16 heteroatoms. The molecule has 5 rings (SSSR count). The number of fused-ring (bicyclic) bond motifs is 1. The van der Waals surface area contributed by atoms with Crippen LogP contribution in [0.1, 0.15) is 106 Å². The van der Waals surface area contributed by atoms with Gasteiger partial charge in [0.1, 0.15) is 45.4 Å². The van der Waals surface area contributed by atoms with E-state index in [0.717, 1.165) is 12.8 Å². The molecule has 2 amide bonds. The Morgan fingerprint density at radius 2 is 1.49 bits per heavy atom. The van der Waals surface area contributed by atoms with E-state index < -0.39 is 58.8 Å². The minimum atomic E-state index is -1.12. The molecular weight excluding hydrogens is 810 g/mol. The average Bonchev–Trinajstić information content (AvgIpc) is 3.12. The molecule has 0 N–H and O–H groups in total. The average molecular weight is 870 g/mol. The summed E-state index contributed by atoms with van der Waals surface area (Å²) in [5.41, 5.74) is -2.59. The van der Waals surface area contributed by atoms with Gasteiger partial charge in [0.25, 0.3) is 0 Å². The number of likely N-dealkylation sites (tertiary alicyclic amines) is 2. The summed E-state index contributed by atoms with van der Waals surface area (Å²) in [6.07, 6.45) is -1.57. The van der Waals surface area contributed by atoms with E-state index in [-0.39, 0.29) is 59.5 Å². The van der Waals surface area contributed by atoms with Crippen LogP contribution < -0.4 is 14.9 Å². The first kappa shape index (κ1) is 47.0. The third kappa shape index (κ3) is 12.5. The number of hydrogen-bond donors (Lipinski definition) is 0. The molecule has 0 aliphatic carbocycles. The van der Waals surface area contributed by atoms with Crippen molar-refractivity contribution in [1.82, 2.24) is 14.7 Å². The molecule has 3 heterocycles. The first-order valence-corrected chi connectivity index (χ1v) is 21.2. The number of benzene rings is 2. The number of carbonyl (C=O) groups excluding carboxylic acids is 4. The highest BCUT2D eigenvalue weighted by Crippen LogP contribution is 2.45. The molecule has 0 spiro atoms. The van der Waals surface area contributed by atoms with Crippen molar-refractivity contribution < 1.29 is 52.0 Å². The lowest BCUT2D eigenvalue weighted by atomic mass is 9.85. The highest BCUT2D eigenvalue weighted by atomic mass is 35.5. The fraction of sp³-hybridized carbons (Fsp3) is 0.578. The summed E-state index contributed by atoms with van der Waals surface area (Å²) in [4.78, 5) is 73.8. The Bertz CT molecular complexity index is 2150. The van der Waals surface area contributed by atoms with Crippen molar-refractivity contribution in [3.63, 3.8) is 0 Å². The summed E-state index contributed by atoms with van der Waals surface area (Å²) in [5, 5.41) is 0.153. The number of hydrogen-bond acceptors (Lipinski definition) is 13. The molecule has 15 nitrogen and oxygen atoms in total. The van der Waals surface area contributed by atoms with Crippen molar-refractivity contribution in [2.45, 2.75) is 130 Å². The van der Waals surface area contributed by atoms with E-state index in [1.54, 1.807) is 98.4 Å². The monoisotopic (exact) mass is 869 g/mol. The topological polar surface area (TPSA) is 164 Å². The Morgan fingerprint density at radius 3 is 2.13 bits per heavy atom. The second-order valence-electron chi connectivity index (χ2n) is 18.5. The summed E-state index contributed by atoms with van der Waals surface area (Å²) in [6.45, 7) is 18.9. The highest BCUT2D eigenvalue weighted by Gasteiger charge is 2.40. The zero-order valence-electron chi connectivity index (χ0n) is 37.2. The molecule has 2 aromatic carbocycles. The number of piperidine rings is 2. The van der Waals surface area contributed by atoms with Gasteiger partial charge in [0, 0.05) is 55.4 Å². The Morgan fingerprint density at radius 1 is 0.836 bits per heavy atom. The van der Waals surface area contributed by atoms with Gasteiger partial charge in [0.15, 0.2) is 11.2 Å². The maximum atomic E-state index is 14.5. The first-order chi connectivity index (χ1) is 28.4. The summed E-state index contributed by atoms with van der Waals surface area (Å²) in [7, 11) is 1.87. The Hall–Kier alpha value is -5.02. The van der Waals surface area contributed by atoms with Gasteiger partial charge in [-0.2, -0.15) is 0 Å². The maximum absolute atomic E-state index is 14.5. The number of halogens is 1. The predicted octanol–water partition coefficient (Wildman–Crippen LogP) is 9.78. The fourth-order valence-electron chi connectivity index (χ4n) is 7.38. The Labute approximate surface area is 362 Å². The van der Waals surface area contributed by atoms with Crippen molar-refractivity contribution in [2.75, 3.05) is 39.8 Å². The minimum absolute atomic E-state index is 0.0787. The van der Waals surface area contributed by atoms with Crippen LogP contribution >= 0.6 is 11.6 Å². The third-order valence-electron chi connectivity index (χ3n) is 9.98. The molecule has 0 bridgehead atoms. The van der Waals surface area contributed by atoms with Gasteiger partial charge in [-0.05, 0) is 121 Å². The highest BCUT2D eigenvalue weighted by molar-refractivity contribution is 6.33. The summed E-state index contributed by atoms with van der Waals surface area (Å²) in [5.74, 6) is -1.07. The zero-order chi connectivity index (χ0) is 45.0. The molecule has 1 aromatic heterocycles. The van der Waals surface area contributed by atoms with Crippen LogP contribution in [0.4, 0.5) is 19.2 Å². The van der Waals surface area contributed by atoms with E-state index in [4.69, 9.17) is 44.4 Å². The van der Waals surface area contributed by atoms with Crippen LogP contribution in [0.5, 0.6) is 11.5 Å².